The highest BCUT2D eigenvalue weighted by Crippen LogP contribution is 2.44. The van der Waals surface area contributed by atoms with E-state index in [9.17, 15) is 26.7 Å². The Morgan fingerprint density at radius 1 is 1.12 bits per heavy atom. The normalized spacial score (nSPS) is 15.4. The number of benzene rings is 2. The molecule has 2 aromatic carbocycles. The highest BCUT2D eigenvalue weighted by molar-refractivity contribution is 6.00. The van der Waals surface area contributed by atoms with E-state index in [1.54, 1.807) is 0 Å². The number of methoxy groups -OCH3 is 1. The summed E-state index contributed by atoms with van der Waals surface area (Å²) < 4.78 is 81.7. The van der Waals surface area contributed by atoms with E-state index in [2.05, 4.69) is 15.3 Å². The Morgan fingerprint density at radius 2 is 1.85 bits per heavy atom. The molecule has 0 saturated heterocycles. The first-order chi connectivity index (χ1) is 19.0. The van der Waals surface area contributed by atoms with E-state index < -0.39 is 36.2 Å². The number of nitrogens with zero attached hydrogens (tertiary/aromatic N) is 2. The van der Waals surface area contributed by atoms with Crippen molar-refractivity contribution in [2.45, 2.75) is 31.9 Å². The first-order valence-electron chi connectivity index (χ1n) is 12.4. The predicted molar refractivity (Wildman–Crippen MR) is 138 cm³/mol. The number of amides is 1. The Morgan fingerprint density at radius 3 is 2.52 bits per heavy atom. The lowest BCUT2D eigenvalue weighted by Crippen LogP contribution is -2.35. The third kappa shape index (κ3) is 5.15. The van der Waals surface area contributed by atoms with Crippen LogP contribution in [0.4, 0.5) is 22.0 Å². The molecule has 1 amide bonds. The van der Waals surface area contributed by atoms with E-state index in [0.717, 1.165) is 0 Å². The van der Waals surface area contributed by atoms with E-state index >= 15 is 0 Å². The van der Waals surface area contributed by atoms with Crippen molar-refractivity contribution >= 4 is 16.8 Å². The molecule has 2 aromatic heterocycles. The minimum Gasteiger partial charge on any atom is -0.494 e. The molecule has 11 heteroatoms. The molecular formula is C29H24F5N3O3. The minimum atomic E-state index is -4.76. The van der Waals surface area contributed by atoms with Gasteiger partial charge in [-0.2, -0.15) is 13.2 Å². The van der Waals surface area contributed by atoms with Crippen molar-refractivity contribution in [3.05, 3.63) is 82.7 Å². The molecule has 1 N–H and O–H groups in total. The summed E-state index contributed by atoms with van der Waals surface area (Å²) in [6, 6.07) is 10.4. The van der Waals surface area contributed by atoms with E-state index in [0.29, 0.717) is 22.4 Å². The first kappa shape index (κ1) is 27.3. The van der Waals surface area contributed by atoms with Crippen LogP contribution in [0.25, 0.3) is 22.2 Å². The van der Waals surface area contributed by atoms with Gasteiger partial charge in [0.25, 0.3) is 5.91 Å². The van der Waals surface area contributed by atoms with Crippen molar-refractivity contribution in [1.29, 1.82) is 0 Å². The van der Waals surface area contributed by atoms with Gasteiger partial charge in [0.15, 0.2) is 0 Å². The summed E-state index contributed by atoms with van der Waals surface area (Å²) in [5.74, 6) is -3.72. The monoisotopic (exact) mass is 557 g/mol. The molecule has 208 valence electrons. The van der Waals surface area contributed by atoms with Crippen LogP contribution in [0.2, 0.25) is 0 Å². The van der Waals surface area contributed by atoms with Crippen LogP contribution in [-0.2, 0) is 0 Å². The Bertz CT molecular complexity index is 1610. The highest BCUT2D eigenvalue weighted by atomic mass is 19.4. The second kappa shape index (κ2) is 10.4. The molecule has 0 spiro atoms. The Kier molecular flexibility index (Phi) is 7.07. The number of carbonyl (C=O) groups excluding carboxylic acids is 1. The molecule has 5 rings (SSSR count). The molecular weight excluding hydrogens is 533 g/mol. The van der Waals surface area contributed by atoms with Gasteiger partial charge in [0, 0.05) is 34.5 Å². The second-order valence-corrected chi connectivity index (χ2v) is 9.64. The van der Waals surface area contributed by atoms with Gasteiger partial charge < -0.3 is 14.8 Å². The lowest BCUT2D eigenvalue weighted by molar-refractivity contribution is -0.149. The summed E-state index contributed by atoms with van der Waals surface area (Å²) in [6.45, 7) is 2.75. The van der Waals surface area contributed by atoms with Crippen LogP contribution in [-0.4, -0.2) is 42.3 Å². The topological polar surface area (TPSA) is 73.3 Å². The van der Waals surface area contributed by atoms with Crippen molar-refractivity contribution in [3.63, 3.8) is 0 Å². The highest BCUT2D eigenvalue weighted by Gasteiger charge is 2.43. The van der Waals surface area contributed by atoms with Crippen molar-refractivity contribution in [1.82, 2.24) is 15.3 Å². The third-order valence-corrected chi connectivity index (χ3v) is 6.86. The van der Waals surface area contributed by atoms with E-state index in [1.807, 2.05) is 6.92 Å². The van der Waals surface area contributed by atoms with Crippen LogP contribution < -0.4 is 14.8 Å². The molecule has 2 unspecified atom stereocenters. The van der Waals surface area contributed by atoms with Gasteiger partial charge in [-0.1, -0.05) is 6.92 Å². The van der Waals surface area contributed by atoms with Crippen LogP contribution >= 0.6 is 0 Å². The lowest BCUT2D eigenvalue weighted by Gasteiger charge is -2.22. The van der Waals surface area contributed by atoms with E-state index in [4.69, 9.17) is 9.47 Å². The fourth-order valence-corrected chi connectivity index (χ4v) is 4.66. The minimum absolute atomic E-state index is 0.0220. The quantitative estimate of drug-likeness (QED) is 0.276. The molecule has 1 aliphatic rings. The lowest BCUT2D eigenvalue weighted by atomic mass is 9.95. The maximum atomic E-state index is 14.4. The fourth-order valence-electron chi connectivity index (χ4n) is 4.66. The van der Waals surface area contributed by atoms with Gasteiger partial charge in [-0.05, 0) is 55.5 Å². The van der Waals surface area contributed by atoms with Crippen LogP contribution in [0.5, 0.6) is 11.5 Å². The number of carbonyl (C=O) groups is 1. The molecule has 2 atom stereocenters. The number of hydrogen-bond donors (Lipinski definition) is 1. The van der Waals surface area contributed by atoms with Gasteiger partial charge in [0.05, 0.1) is 25.1 Å². The Hall–Kier alpha value is -4.28. The zero-order valence-corrected chi connectivity index (χ0v) is 21.7. The standard InChI is InChI=1S/C29H24F5N3O3/c1-14-13-40-27-20(14)11-23(37-26(27)16-4-6-19(30)7-5-16)21(29(32,33)34)12-35-28(38)18-8-17-9-22(31)15(2)36-25(17)24(10-18)39-3/h4-11,14,21H,12-13H2,1-3H3,(H,35,38). The zero-order chi connectivity index (χ0) is 28.8. The van der Waals surface area contributed by atoms with E-state index in [1.165, 1.54) is 62.6 Å². The van der Waals surface area contributed by atoms with Crippen molar-refractivity contribution in [2.75, 3.05) is 20.3 Å². The zero-order valence-electron chi connectivity index (χ0n) is 21.7. The van der Waals surface area contributed by atoms with Crippen LogP contribution in [0.3, 0.4) is 0 Å². The molecule has 1 aliphatic heterocycles. The van der Waals surface area contributed by atoms with Gasteiger partial charge in [-0.3, -0.25) is 4.79 Å². The maximum Gasteiger partial charge on any atom is 0.398 e. The van der Waals surface area contributed by atoms with Crippen LogP contribution in [0.15, 0.2) is 48.5 Å². The number of ether oxygens (including phenoxy) is 2. The number of pyridine rings is 2. The smallest absolute Gasteiger partial charge is 0.398 e. The van der Waals surface area contributed by atoms with E-state index in [-0.39, 0.29) is 46.3 Å². The number of aromatic nitrogens is 2. The molecule has 0 radical (unpaired) electrons. The molecule has 0 bridgehead atoms. The number of halogens is 5. The molecule has 6 nitrogen and oxygen atoms in total. The average Bonchev–Trinajstić information content (AvgIpc) is 3.28. The molecule has 0 aliphatic carbocycles. The van der Waals surface area contributed by atoms with Gasteiger partial charge in [0.1, 0.15) is 40.3 Å². The summed E-state index contributed by atoms with van der Waals surface area (Å²) in [5.41, 5.74) is 1.25. The number of alkyl halides is 3. The summed E-state index contributed by atoms with van der Waals surface area (Å²) in [4.78, 5) is 21.4. The summed E-state index contributed by atoms with van der Waals surface area (Å²) in [7, 11) is 1.35. The fraction of sp³-hybridized carbons (Fsp3) is 0.276. The Labute approximate surface area is 226 Å². The number of aryl methyl sites for hydroxylation is 1. The van der Waals surface area contributed by atoms with Gasteiger partial charge in [-0.15, -0.1) is 0 Å². The maximum absolute atomic E-state index is 14.4. The largest absolute Gasteiger partial charge is 0.494 e. The molecule has 3 heterocycles. The number of nitrogens with one attached hydrogen (secondary N) is 1. The van der Waals surface area contributed by atoms with Crippen LogP contribution in [0.1, 0.15) is 46.1 Å². The molecule has 40 heavy (non-hydrogen) atoms. The van der Waals surface area contributed by atoms with Crippen molar-refractivity contribution in [2.24, 2.45) is 0 Å². The molecule has 0 fully saturated rings. The van der Waals surface area contributed by atoms with Gasteiger partial charge in [-0.25, -0.2) is 18.7 Å². The third-order valence-electron chi connectivity index (χ3n) is 6.86. The Balaban J connectivity index is 1.49. The number of hydrogen-bond acceptors (Lipinski definition) is 5. The van der Waals surface area contributed by atoms with Crippen LogP contribution in [0, 0.1) is 18.6 Å². The summed E-state index contributed by atoms with van der Waals surface area (Å²) >= 11 is 0. The summed E-state index contributed by atoms with van der Waals surface area (Å²) in [6.07, 6.45) is -4.76. The van der Waals surface area contributed by atoms with Crippen molar-refractivity contribution < 1.29 is 36.2 Å². The van der Waals surface area contributed by atoms with Gasteiger partial charge in [0.2, 0.25) is 0 Å². The predicted octanol–water partition coefficient (Wildman–Crippen LogP) is 6.46. The SMILES string of the molecule is COc1cc(C(=O)NCC(c2cc3c(c(-c4ccc(F)cc4)n2)OCC3C)C(F)(F)F)cc2cc(F)c(C)nc12. The number of rotatable bonds is 6. The number of fused-ring (bicyclic) bond motifs is 2. The first-order valence-corrected chi connectivity index (χ1v) is 12.4. The molecule has 4 aromatic rings. The van der Waals surface area contributed by atoms with Gasteiger partial charge >= 0.3 is 6.18 Å². The average molecular weight is 558 g/mol. The molecule has 0 saturated carbocycles. The van der Waals surface area contributed by atoms with Crippen molar-refractivity contribution in [3.8, 4) is 22.8 Å². The second-order valence-electron chi connectivity index (χ2n) is 9.64. The summed E-state index contributed by atoms with van der Waals surface area (Å²) in [5, 5.41) is 2.60.